The Labute approximate surface area is 208 Å². The number of aliphatic imine (C=N–C) groups is 2. The van der Waals surface area contributed by atoms with Crippen molar-refractivity contribution in [3.63, 3.8) is 0 Å². The SMILES string of the molecule is CCCCC(C=Nc1ccccc1)=Nc1ccccc1.CCCCc1ccc([O-])c([O-])c1.[Ni+2]. The first-order valence-electron chi connectivity index (χ1n) is 11.3. The Kier molecular flexibility index (Phi) is 14.2. The molecule has 0 aliphatic heterocycles. The molecule has 0 aliphatic carbocycles. The molecule has 0 atom stereocenters. The van der Waals surface area contributed by atoms with E-state index in [1.165, 1.54) is 12.1 Å². The van der Waals surface area contributed by atoms with E-state index in [0.717, 1.165) is 61.2 Å². The molecule has 0 bridgehead atoms. The first-order chi connectivity index (χ1) is 15.6. The van der Waals surface area contributed by atoms with E-state index >= 15 is 0 Å². The molecule has 0 amide bonds. The standard InChI is InChI=1S/C18H20N2.C10H14O2.Ni/c1-2-3-10-18(20-17-13-8-5-9-14-17)15-19-16-11-6-4-7-12-16;1-2-3-4-8-5-6-9(11)10(12)7-8;/h4-9,11-15H,2-3,10H2,1H3;5-7,11-12H,2-4H2,1H3;/q;;+2/p-2. The molecule has 0 aromatic heterocycles. The summed E-state index contributed by atoms with van der Waals surface area (Å²) in [5.41, 5.74) is 3.95. The molecule has 0 saturated carbocycles. The summed E-state index contributed by atoms with van der Waals surface area (Å²) in [6.45, 7) is 4.29. The molecule has 0 heterocycles. The minimum Gasteiger partial charge on any atom is -0.873 e. The van der Waals surface area contributed by atoms with E-state index in [1.807, 2.05) is 66.9 Å². The van der Waals surface area contributed by atoms with Gasteiger partial charge >= 0.3 is 16.5 Å². The summed E-state index contributed by atoms with van der Waals surface area (Å²) in [5, 5.41) is 21.6. The smallest absolute Gasteiger partial charge is 0.873 e. The van der Waals surface area contributed by atoms with E-state index in [-0.39, 0.29) is 22.2 Å². The summed E-state index contributed by atoms with van der Waals surface area (Å²) in [6.07, 6.45) is 8.20. The van der Waals surface area contributed by atoms with Gasteiger partial charge in [-0.05, 0) is 55.5 Å². The van der Waals surface area contributed by atoms with E-state index in [1.54, 1.807) is 6.07 Å². The maximum Gasteiger partial charge on any atom is 2.00 e. The van der Waals surface area contributed by atoms with Gasteiger partial charge in [0, 0.05) is 6.21 Å². The van der Waals surface area contributed by atoms with Gasteiger partial charge < -0.3 is 10.2 Å². The van der Waals surface area contributed by atoms with Crippen LogP contribution in [0.25, 0.3) is 0 Å². The van der Waals surface area contributed by atoms with Crippen molar-refractivity contribution in [2.75, 3.05) is 0 Å². The molecular formula is C28H32N2NiO2. The van der Waals surface area contributed by atoms with Gasteiger partial charge in [0.2, 0.25) is 0 Å². The van der Waals surface area contributed by atoms with Gasteiger partial charge in [-0.25, -0.2) is 0 Å². The summed E-state index contributed by atoms with van der Waals surface area (Å²) in [6, 6.07) is 24.6. The van der Waals surface area contributed by atoms with Crippen LogP contribution in [0, 0.1) is 0 Å². The Balaban J connectivity index is 0.000000361. The molecule has 0 radical (unpaired) electrons. The third kappa shape index (κ3) is 11.5. The van der Waals surface area contributed by atoms with Gasteiger partial charge in [0.1, 0.15) is 0 Å². The van der Waals surface area contributed by atoms with Crippen molar-refractivity contribution in [1.82, 2.24) is 0 Å². The van der Waals surface area contributed by atoms with E-state index in [9.17, 15) is 10.2 Å². The van der Waals surface area contributed by atoms with Crippen LogP contribution in [0.5, 0.6) is 11.5 Å². The average Bonchev–Trinajstić information content (AvgIpc) is 2.83. The quantitative estimate of drug-likeness (QED) is 0.255. The molecule has 3 rings (SSSR count). The van der Waals surface area contributed by atoms with E-state index in [2.05, 4.69) is 23.8 Å². The maximum atomic E-state index is 10.9. The van der Waals surface area contributed by atoms with Crippen molar-refractivity contribution in [3.8, 4) is 11.5 Å². The largest absolute Gasteiger partial charge is 2.00 e. The van der Waals surface area contributed by atoms with Crippen molar-refractivity contribution in [1.29, 1.82) is 0 Å². The third-order valence-electron chi connectivity index (χ3n) is 4.76. The number of para-hydroxylation sites is 2. The minimum atomic E-state index is -0.407. The number of aryl methyl sites for hydroxylation is 1. The predicted octanol–water partition coefficient (Wildman–Crippen LogP) is 6.53. The number of rotatable bonds is 9. The fourth-order valence-corrected chi connectivity index (χ4v) is 2.93. The molecule has 176 valence electrons. The Bertz CT molecular complexity index is 974. The van der Waals surface area contributed by atoms with Crippen molar-refractivity contribution in [2.45, 2.75) is 52.4 Å². The molecule has 33 heavy (non-hydrogen) atoms. The summed E-state index contributed by atoms with van der Waals surface area (Å²) in [5.74, 6) is -0.793. The van der Waals surface area contributed by atoms with Crippen molar-refractivity contribution >= 4 is 23.3 Å². The fraction of sp³-hybridized carbons (Fsp3) is 0.286. The summed E-state index contributed by atoms with van der Waals surface area (Å²) >= 11 is 0. The number of nitrogens with zero attached hydrogens (tertiary/aromatic N) is 2. The van der Waals surface area contributed by atoms with Gasteiger partial charge in [0.05, 0.1) is 17.1 Å². The predicted molar refractivity (Wildman–Crippen MR) is 132 cm³/mol. The molecular weight excluding hydrogens is 455 g/mol. The molecule has 0 aliphatic rings. The van der Waals surface area contributed by atoms with Gasteiger partial charge in [0.15, 0.2) is 0 Å². The molecule has 0 spiro atoms. The van der Waals surface area contributed by atoms with Crippen LogP contribution in [-0.4, -0.2) is 11.9 Å². The zero-order chi connectivity index (χ0) is 23.0. The number of hydrogen-bond donors (Lipinski definition) is 0. The Hall–Kier alpha value is -2.91. The van der Waals surface area contributed by atoms with Gasteiger partial charge in [-0.15, -0.1) is 11.5 Å². The average molecular weight is 487 g/mol. The van der Waals surface area contributed by atoms with Crippen LogP contribution in [0.15, 0.2) is 88.8 Å². The van der Waals surface area contributed by atoms with Crippen LogP contribution in [0.3, 0.4) is 0 Å². The summed E-state index contributed by atoms with van der Waals surface area (Å²) in [4.78, 5) is 9.18. The second-order valence-corrected chi connectivity index (χ2v) is 7.52. The second kappa shape index (κ2) is 16.7. The van der Waals surface area contributed by atoms with Gasteiger partial charge in [-0.3, -0.25) is 9.98 Å². The van der Waals surface area contributed by atoms with Gasteiger partial charge in [-0.2, -0.15) is 0 Å². The number of benzene rings is 3. The molecule has 3 aromatic rings. The Morgan fingerprint density at radius 2 is 1.36 bits per heavy atom. The van der Waals surface area contributed by atoms with Crippen LogP contribution in [-0.2, 0) is 22.9 Å². The first kappa shape index (κ1) is 28.1. The van der Waals surface area contributed by atoms with E-state index in [4.69, 9.17) is 0 Å². The summed E-state index contributed by atoms with van der Waals surface area (Å²) < 4.78 is 0. The molecule has 3 aromatic carbocycles. The molecule has 0 unspecified atom stereocenters. The molecule has 4 nitrogen and oxygen atoms in total. The zero-order valence-electron chi connectivity index (χ0n) is 19.4. The minimum absolute atomic E-state index is 0. The topological polar surface area (TPSA) is 70.8 Å². The first-order valence-corrected chi connectivity index (χ1v) is 11.3. The normalized spacial score (nSPS) is 10.9. The van der Waals surface area contributed by atoms with E-state index in [0.29, 0.717) is 0 Å². The number of hydrogen-bond acceptors (Lipinski definition) is 4. The summed E-state index contributed by atoms with van der Waals surface area (Å²) in [7, 11) is 0. The van der Waals surface area contributed by atoms with Crippen LogP contribution >= 0.6 is 0 Å². The monoisotopic (exact) mass is 486 g/mol. The molecule has 5 heteroatoms. The van der Waals surface area contributed by atoms with Crippen molar-refractivity contribution < 1.29 is 26.7 Å². The van der Waals surface area contributed by atoms with Crippen LogP contribution < -0.4 is 10.2 Å². The fourth-order valence-electron chi connectivity index (χ4n) is 2.93. The molecule has 0 N–H and O–H groups in total. The van der Waals surface area contributed by atoms with Gasteiger partial charge in [-0.1, -0.05) is 81.3 Å². The molecule has 0 fully saturated rings. The third-order valence-corrected chi connectivity index (χ3v) is 4.76. The maximum absolute atomic E-state index is 10.9. The van der Waals surface area contributed by atoms with Crippen LogP contribution in [0.2, 0.25) is 0 Å². The number of unbranched alkanes of at least 4 members (excludes halogenated alkanes) is 2. The van der Waals surface area contributed by atoms with Crippen molar-refractivity contribution in [3.05, 3.63) is 84.4 Å². The van der Waals surface area contributed by atoms with Crippen molar-refractivity contribution in [2.24, 2.45) is 9.98 Å². The Morgan fingerprint density at radius 1 is 0.758 bits per heavy atom. The second-order valence-electron chi connectivity index (χ2n) is 7.52. The van der Waals surface area contributed by atoms with Crippen LogP contribution in [0.4, 0.5) is 11.4 Å². The van der Waals surface area contributed by atoms with Gasteiger partial charge in [0.25, 0.3) is 0 Å². The molecule has 0 saturated heterocycles. The zero-order valence-corrected chi connectivity index (χ0v) is 20.3. The van der Waals surface area contributed by atoms with Crippen LogP contribution in [0.1, 0.15) is 51.5 Å². The Morgan fingerprint density at radius 3 is 1.94 bits per heavy atom. The van der Waals surface area contributed by atoms with E-state index < -0.39 is 5.75 Å².